The second-order valence-corrected chi connectivity index (χ2v) is 4.71. The van der Waals surface area contributed by atoms with E-state index in [2.05, 4.69) is 10.3 Å². The fraction of sp³-hybridized carbons (Fsp3) is 0.200. The highest BCUT2D eigenvalue weighted by molar-refractivity contribution is 6.32. The average Bonchev–Trinajstić information content (AvgIpc) is 2.43. The average molecular weight is 291 g/mol. The molecule has 1 unspecified atom stereocenters. The van der Waals surface area contributed by atoms with E-state index >= 15 is 0 Å². The minimum Gasteiger partial charge on any atom is -0.481 e. The second kappa shape index (κ2) is 6.39. The summed E-state index contributed by atoms with van der Waals surface area (Å²) < 4.78 is 5.64. The molecular formula is C15H15ClN2O2. The van der Waals surface area contributed by atoms with Crippen molar-refractivity contribution >= 4 is 23.2 Å². The molecule has 1 heterocycles. The third-order valence-corrected chi connectivity index (χ3v) is 3.08. The first-order valence-corrected chi connectivity index (χ1v) is 6.59. The number of carbonyl (C=O) groups is 1. The maximum Gasteiger partial charge on any atom is 0.265 e. The van der Waals surface area contributed by atoms with Gasteiger partial charge in [0.2, 0.25) is 0 Å². The maximum atomic E-state index is 12.1. The van der Waals surface area contributed by atoms with Crippen LogP contribution in [0, 0.1) is 6.92 Å². The van der Waals surface area contributed by atoms with Crippen molar-refractivity contribution in [2.45, 2.75) is 20.0 Å². The first kappa shape index (κ1) is 14.3. The fourth-order valence-corrected chi connectivity index (χ4v) is 1.81. The van der Waals surface area contributed by atoms with E-state index in [1.165, 1.54) is 0 Å². The van der Waals surface area contributed by atoms with E-state index in [9.17, 15) is 4.79 Å². The summed E-state index contributed by atoms with van der Waals surface area (Å²) in [5.41, 5.74) is 1.45. The molecule has 104 valence electrons. The number of rotatable bonds is 4. The zero-order valence-electron chi connectivity index (χ0n) is 11.3. The molecule has 4 nitrogen and oxygen atoms in total. The Morgan fingerprint density at radius 1 is 1.30 bits per heavy atom. The van der Waals surface area contributed by atoms with Crippen LogP contribution in [0.1, 0.15) is 12.5 Å². The van der Waals surface area contributed by atoms with Gasteiger partial charge in [-0.25, -0.2) is 4.98 Å². The summed E-state index contributed by atoms with van der Waals surface area (Å²) in [7, 11) is 0. The van der Waals surface area contributed by atoms with Crippen LogP contribution in [0.3, 0.4) is 0 Å². The van der Waals surface area contributed by atoms with Gasteiger partial charge in [0.25, 0.3) is 5.91 Å². The third kappa shape index (κ3) is 3.48. The Hall–Kier alpha value is -2.07. The molecule has 2 rings (SSSR count). The molecule has 0 saturated carbocycles. The third-order valence-electron chi connectivity index (χ3n) is 2.78. The monoisotopic (exact) mass is 290 g/mol. The van der Waals surface area contributed by atoms with E-state index < -0.39 is 6.10 Å². The van der Waals surface area contributed by atoms with Gasteiger partial charge in [0.05, 0.1) is 5.69 Å². The minimum absolute atomic E-state index is 0.254. The molecule has 0 radical (unpaired) electrons. The van der Waals surface area contributed by atoms with E-state index in [0.717, 1.165) is 5.56 Å². The lowest BCUT2D eigenvalue weighted by Gasteiger charge is -2.16. The SMILES string of the molecule is Cc1ccccc1OC(C)C(=O)Nc1cccnc1Cl. The highest BCUT2D eigenvalue weighted by Gasteiger charge is 2.16. The number of para-hydroxylation sites is 1. The number of carbonyl (C=O) groups excluding carboxylic acids is 1. The molecule has 0 spiro atoms. The summed E-state index contributed by atoms with van der Waals surface area (Å²) in [5.74, 6) is 0.413. The van der Waals surface area contributed by atoms with E-state index in [1.54, 1.807) is 25.3 Å². The van der Waals surface area contributed by atoms with Crippen molar-refractivity contribution < 1.29 is 9.53 Å². The van der Waals surface area contributed by atoms with Gasteiger partial charge >= 0.3 is 0 Å². The number of ether oxygens (including phenoxy) is 1. The quantitative estimate of drug-likeness (QED) is 0.878. The molecule has 1 N–H and O–H groups in total. The Morgan fingerprint density at radius 2 is 2.05 bits per heavy atom. The van der Waals surface area contributed by atoms with Gasteiger partial charge in [-0.15, -0.1) is 0 Å². The van der Waals surface area contributed by atoms with Gasteiger partial charge in [0.15, 0.2) is 11.3 Å². The number of nitrogens with zero attached hydrogens (tertiary/aromatic N) is 1. The summed E-state index contributed by atoms with van der Waals surface area (Å²) in [5, 5.41) is 2.94. The van der Waals surface area contributed by atoms with E-state index in [1.807, 2.05) is 31.2 Å². The predicted octanol–water partition coefficient (Wildman–Crippen LogP) is 3.45. The van der Waals surface area contributed by atoms with Gasteiger partial charge in [-0.1, -0.05) is 29.8 Å². The molecule has 0 bridgehead atoms. The lowest BCUT2D eigenvalue weighted by Crippen LogP contribution is -2.30. The highest BCUT2D eigenvalue weighted by atomic mass is 35.5. The van der Waals surface area contributed by atoms with Crippen LogP contribution in [0.15, 0.2) is 42.6 Å². The van der Waals surface area contributed by atoms with Crippen LogP contribution in [0.5, 0.6) is 5.75 Å². The van der Waals surface area contributed by atoms with Gasteiger partial charge in [-0.2, -0.15) is 0 Å². The molecular weight excluding hydrogens is 276 g/mol. The summed E-state index contributed by atoms with van der Waals surface area (Å²) in [6, 6.07) is 10.9. The molecule has 0 aliphatic rings. The molecule has 0 aliphatic heterocycles. The fourth-order valence-electron chi connectivity index (χ4n) is 1.65. The predicted molar refractivity (Wildman–Crippen MR) is 79.1 cm³/mol. The van der Waals surface area contributed by atoms with Crippen LogP contribution < -0.4 is 10.1 Å². The van der Waals surface area contributed by atoms with Crippen molar-refractivity contribution in [3.8, 4) is 5.75 Å². The number of anilines is 1. The molecule has 1 atom stereocenters. The number of benzene rings is 1. The molecule has 1 amide bonds. The van der Waals surface area contributed by atoms with E-state index in [-0.39, 0.29) is 11.1 Å². The number of aryl methyl sites for hydroxylation is 1. The normalized spacial score (nSPS) is 11.8. The van der Waals surface area contributed by atoms with Gasteiger partial charge in [-0.05, 0) is 37.6 Å². The van der Waals surface area contributed by atoms with Crippen molar-refractivity contribution in [1.29, 1.82) is 0 Å². The topological polar surface area (TPSA) is 51.2 Å². The highest BCUT2D eigenvalue weighted by Crippen LogP contribution is 2.20. The summed E-state index contributed by atoms with van der Waals surface area (Å²) in [6.45, 7) is 3.62. The van der Waals surface area contributed by atoms with Crippen LogP contribution in [-0.2, 0) is 4.79 Å². The number of pyridine rings is 1. The second-order valence-electron chi connectivity index (χ2n) is 4.36. The van der Waals surface area contributed by atoms with Crippen molar-refractivity contribution in [2.75, 3.05) is 5.32 Å². The van der Waals surface area contributed by atoms with Crippen LogP contribution in [0.4, 0.5) is 5.69 Å². The molecule has 0 saturated heterocycles. The molecule has 1 aromatic carbocycles. The first-order valence-electron chi connectivity index (χ1n) is 6.21. The zero-order chi connectivity index (χ0) is 14.5. The lowest BCUT2D eigenvalue weighted by molar-refractivity contribution is -0.122. The largest absolute Gasteiger partial charge is 0.481 e. The summed E-state index contributed by atoms with van der Waals surface area (Å²) >= 11 is 5.89. The van der Waals surface area contributed by atoms with Crippen LogP contribution in [-0.4, -0.2) is 17.0 Å². The number of amides is 1. The van der Waals surface area contributed by atoms with Crippen molar-refractivity contribution in [1.82, 2.24) is 4.98 Å². The van der Waals surface area contributed by atoms with Crippen molar-refractivity contribution in [3.05, 3.63) is 53.3 Å². The van der Waals surface area contributed by atoms with Gasteiger partial charge in [0.1, 0.15) is 5.75 Å². The summed E-state index contributed by atoms with van der Waals surface area (Å²) in [4.78, 5) is 16.0. The standard InChI is InChI=1S/C15H15ClN2O2/c1-10-6-3-4-8-13(10)20-11(2)15(19)18-12-7-5-9-17-14(12)16/h3-9,11H,1-2H3,(H,18,19). The number of aromatic nitrogens is 1. The maximum absolute atomic E-state index is 12.1. The number of halogens is 1. The Balaban J connectivity index is 2.03. The van der Waals surface area contributed by atoms with Crippen molar-refractivity contribution in [3.63, 3.8) is 0 Å². The van der Waals surface area contributed by atoms with Crippen LogP contribution in [0.2, 0.25) is 5.15 Å². The first-order chi connectivity index (χ1) is 9.58. The van der Waals surface area contributed by atoms with Gasteiger partial charge in [-0.3, -0.25) is 4.79 Å². The molecule has 1 aromatic heterocycles. The molecule has 2 aromatic rings. The number of hydrogen-bond donors (Lipinski definition) is 1. The summed E-state index contributed by atoms with van der Waals surface area (Å²) in [6.07, 6.45) is 0.929. The Bertz CT molecular complexity index is 616. The van der Waals surface area contributed by atoms with Crippen LogP contribution in [0.25, 0.3) is 0 Å². The van der Waals surface area contributed by atoms with Gasteiger partial charge in [0, 0.05) is 6.20 Å². The Labute approximate surface area is 122 Å². The van der Waals surface area contributed by atoms with Crippen molar-refractivity contribution in [2.24, 2.45) is 0 Å². The Kier molecular flexibility index (Phi) is 4.58. The molecule has 0 fully saturated rings. The Morgan fingerprint density at radius 3 is 2.75 bits per heavy atom. The minimum atomic E-state index is -0.632. The zero-order valence-corrected chi connectivity index (χ0v) is 12.0. The van der Waals surface area contributed by atoms with Gasteiger partial charge < -0.3 is 10.1 Å². The van der Waals surface area contributed by atoms with E-state index in [0.29, 0.717) is 11.4 Å². The molecule has 20 heavy (non-hydrogen) atoms. The number of hydrogen-bond acceptors (Lipinski definition) is 3. The number of nitrogens with one attached hydrogen (secondary N) is 1. The molecule has 5 heteroatoms. The molecule has 0 aliphatic carbocycles. The smallest absolute Gasteiger partial charge is 0.265 e. The van der Waals surface area contributed by atoms with Crippen LogP contribution >= 0.6 is 11.6 Å². The van der Waals surface area contributed by atoms with E-state index in [4.69, 9.17) is 16.3 Å². The lowest BCUT2D eigenvalue weighted by atomic mass is 10.2.